The van der Waals surface area contributed by atoms with E-state index < -0.39 is 78.5 Å². The van der Waals surface area contributed by atoms with Crippen molar-refractivity contribution >= 4 is 40.8 Å². The van der Waals surface area contributed by atoms with Crippen LogP contribution in [-0.2, 0) is 42.9 Å². The van der Waals surface area contributed by atoms with E-state index in [1.807, 2.05) is 0 Å². The molecule has 0 radical (unpaired) electrons. The highest BCUT2D eigenvalue weighted by Gasteiger charge is 2.53. The smallest absolute Gasteiger partial charge is 0.383 e. The summed E-state index contributed by atoms with van der Waals surface area (Å²) in [6.07, 6.45) is 1.38. The second-order valence-electron chi connectivity index (χ2n) is 13.0. The number of fused-ring (bicyclic) bond motifs is 1. The zero-order chi connectivity index (χ0) is 39.9. The molecule has 1 saturated heterocycles. The van der Waals surface area contributed by atoms with Gasteiger partial charge in [0.2, 0.25) is 12.4 Å². The van der Waals surface area contributed by atoms with Gasteiger partial charge in [0.25, 0.3) is 5.75 Å². The van der Waals surface area contributed by atoms with E-state index in [1.165, 1.54) is 43.9 Å². The molecule has 0 amide bonds. The molecule has 0 bridgehead atoms. The molecular formula is C40H48O15. The molecule has 15 heteroatoms. The lowest BCUT2D eigenvalue weighted by Gasteiger charge is -2.43. The molecule has 298 valence electrons. The van der Waals surface area contributed by atoms with Gasteiger partial charge in [-0.2, -0.15) is 0 Å². The Balaban J connectivity index is 1.67. The maximum Gasteiger partial charge on any atom is 0.383 e. The van der Waals surface area contributed by atoms with Crippen molar-refractivity contribution in [3.8, 4) is 17.2 Å². The van der Waals surface area contributed by atoms with E-state index in [0.29, 0.717) is 6.42 Å². The van der Waals surface area contributed by atoms with E-state index in [-0.39, 0.29) is 34.6 Å². The van der Waals surface area contributed by atoms with Gasteiger partial charge in [0.1, 0.15) is 24.0 Å². The first-order valence-corrected chi connectivity index (χ1v) is 18.4. The van der Waals surface area contributed by atoms with Gasteiger partial charge in [-0.15, -0.1) is 0 Å². The number of hydrogen-bond donors (Lipinski definition) is 0. The molecule has 55 heavy (non-hydrogen) atoms. The molecule has 0 unspecified atom stereocenters. The molecule has 0 N–H and O–H groups in total. The Hall–Kier alpha value is -5.44. The minimum atomic E-state index is -1.53. The third-order valence-electron chi connectivity index (χ3n) is 8.44. The lowest BCUT2D eigenvalue weighted by Crippen LogP contribution is -2.63. The van der Waals surface area contributed by atoms with E-state index in [9.17, 15) is 28.8 Å². The van der Waals surface area contributed by atoms with Crippen molar-refractivity contribution in [1.29, 1.82) is 0 Å². The molecule has 5 atom stereocenters. The highest BCUT2D eigenvalue weighted by molar-refractivity contribution is 5.93. The van der Waals surface area contributed by atoms with Crippen LogP contribution in [0, 0.1) is 0 Å². The van der Waals surface area contributed by atoms with Crippen molar-refractivity contribution in [2.75, 3.05) is 13.2 Å². The average molecular weight is 769 g/mol. The van der Waals surface area contributed by atoms with Crippen LogP contribution in [0.5, 0.6) is 17.2 Å². The van der Waals surface area contributed by atoms with Gasteiger partial charge in [-0.25, -0.2) is 9.59 Å². The van der Waals surface area contributed by atoms with E-state index in [2.05, 4.69) is 6.92 Å². The van der Waals surface area contributed by atoms with Crippen molar-refractivity contribution in [1.82, 2.24) is 0 Å². The fourth-order valence-electron chi connectivity index (χ4n) is 5.99. The SMILES string of the molecule is CCCCCCCCCCOc1c(OC(=O)c2ccccc2)c(=O)oc2cc(O[C@@H]3O[C@H](COC(C)=O)[C@H](OC(C)=O)[C@H](OC(C)=O)[C@H]3OC(C)=O)ccc12. The van der Waals surface area contributed by atoms with Crippen molar-refractivity contribution in [2.24, 2.45) is 0 Å². The zero-order valence-corrected chi connectivity index (χ0v) is 31.7. The lowest BCUT2D eigenvalue weighted by molar-refractivity contribution is -0.288. The van der Waals surface area contributed by atoms with Crippen LogP contribution in [0.15, 0.2) is 57.7 Å². The van der Waals surface area contributed by atoms with Crippen LogP contribution in [0.4, 0.5) is 0 Å². The van der Waals surface area contributed by atoms with E-state index in [0.717, 1.165) is 47.0 Å². The maximum atomic E-state index is 13.4. The number of esters is 5. The van der Waals surface area contributed by atoms with Crippen molar-refractivity contribution in [3.63, 3.8) is 0 Å². The van der Waals surface area contributed by atoms with Crippen molar-refractivity contribution in [2.45, 2.75) is 117 Å². The third-order valence-corrected chi connectivity index (χ3v) is 8.44. The summed E-state index contributed by atoms with van der Waals surface area (Å²) >= 11 is 0. The van der Waals surface area contributed by atoms with Gasteiger partial charge in [-0.1, -0.05) is 70.1 Å². The predicted octanol–water partition coefficient (Wildman–Crippen LogP) is 5.99. The van der Waals surface area contributed by atoms with Gasteiger partial charge in [-0.3, -0.25) is 19.2 Å². The fourth-order valence-corrected chi connectivity index (χ4v) is 5.99. The van der Waals surface area contributed by atoms with Gasteiger partial charge in [0, 0.05) is 33.8 Å². The molecular weight excluding hydrogens is 720 g/mol. The molecule has 2 aromatic carbocycles. The first kappa shape index (κ1) is 42.3. The van der Waals surface area contributed by atoms with Gasteiger partial charge in [0.05, 0.1) is 17.6 Å². The Morgan fingerprint density at radius 3 is 1.95 bits per heavy atom. The second-order valence-corrected chi connectivity index (χ2v) is 13.0. The number of carbonyl (C=O) groups excluding carboxylic acids is 5. The highest BCUT2D eigenvalue weighted by Crippen LogP contribution is 2.37. The second kappa shape index (κ2) is 20.9. The van der Waals surface area contributed by atoms with E-state index in [1.54, 1.807) is 30.3 Å². The normalized spacial score (nSPS) is 19.2. The summed E-state index contributed by atoms with van der Waals surface area (Å²) in [5.41, 5.74) is -0.796. The monoisotopic (exact) mass is 768 g/mol. The Labute approximate surface area is 318 Å². The number of rotatable bonds is 19. The highest BCUT2D eigenvalue weighted by atomic mass is 16.7. The number of ether oxygens (including phenoxy) is 8. The quantitative estimate of drug-likeness (QED) is 0.0598. The van der Waals surface area contributed by atoms with E-state index in [4.69, 9.17) is 42.3 Å². The summed E-state index contributed by atoms with van der Waals surface area (Å²) < 4.78 is 50.9. The molecule has 0 spiro atoms. The van der Waals surface area contributed by atoms with Gasteiger partial charge in [0.15, 0.2) is 18.0 Å². The molecule has 15 nitrogen and oxygen atoms in total. The summed E-state index contributed by atoms with van der Waals surface area (Å²) in [6.45, 7) is 6.44. The molecule has 1 fully saturated rings. The fraction of sp³-hybridized carbons (Fsp3) is 0.500. The minimum Gasteiger partial charge on any atom is -0.489 e. The Kier molecular flexibility index (Phi) is 16.0. The maximum absolute atomic E-state index is 13.4. The van der Waals surface area contributed by atoms with Crippen LogP contribution in [0.2, 0.25) is 0 Å². The van der Waals surface area contributed by atoms with Crippen LogP contribution in [-0.4, -0.2) is 73.8 Å². The largest absolute Gasteiger partial charge is 0.489 e. The first-order valence-electron chi connectivity index (χ1n) is 18.4. The van der Waals surface area contributed by atoms with Gasteiger partial charge in [-0.05, 0) is 30.7 Å². The summed E-state index contributed by atoms with van der Waals surface area (Å²) in [5.74, 6) is -4.24. The molecule has 2 heterocycles. The predicted molar refractivity (Wildman–Crippen MR) is 195 cm³/mol. The molecule has 1 aliphatic rings. The Morgan fingerprint density at radius 2 is 1.31 bits per heavy atom. The zero-order valence-electron chi connectivity index (χ0n) is 31.7. The average Bonchev–Trinajstić information content (AvgIpc) is 3.13. The van der Waals surface area contributed by atoms with Gasteiger partial charge >= 0.3 is 35.5 Å². The van der Waals surface area contributed by atoms with Crippen LogP contribution in [0.25, 0.3) is 11.0 Å². The molecule has 3 aromatic rings. The minimum absolute atomic E-state index is 0.00248. The van der Waals surface area contributed by atoms with Crippen LogP contribution < -0.4 is 19.8 Å². The van der Waals surface area contributed by atoms with Crippen molar-refractivity contribution in [3.05, 3.63) is 64.5 Å². The topological polar surface area (TPSA) is 189 Å². The number of hydrogen-bond acceptors (Lipinski definition) is 15. The first-order chi connectivity index (χ1) is 26.4. The molecule has 0 saturated carbocycles. The molecule has 0 aliphatic carbocycles. The summed E-state index contributed by atoms with van der Waals surface area (Å²) in [7, 11) is 0. The Bertz CT molecular complexity index is 1840. The molecule has 1 aromatic heterocycles. The lowest BCUT2D eigenvalue weighted by atomic mass is 9.98. The van der Waals surface area contributed by atoms with Gasteiger partial charge < -0.3 is 42.3 Å². The van der Waals surface area contributed by atoms with Crippen molar-refractivity contribution < 1.29 is 66.3 Å². The molecule has 4 rings (SSSR count). The number of unbranched alkanes of at least 4 members (excludes halogenated alkanes) is 7. The Morgan fingerprint density at radius 1 is 0.691 bits per heavy atom. The summed E-state index contributed by atoms with van der Waals surface area (Å²) in [4.78, 5) is 74.7. The molecule has 1 aliphatic heterocycles. The van der Waals surface area contributed by atoms with Crippen LogP contribution >= 0.6 is 0 Å². The van der Waals surface area contributed by atoms with Crippen LogP contribution in [0.1, 0.15) is 96.3 Å². The number of benzene rings is 2. The number of carbonyl (C=O) groups is 5. The van der Waals surface area contributed by atoms with E-state index >= 15 is 0 Å². The van der Waals surface area contributed by atoms with Crippen LogP contribution in [0.3, 0.4) is 0 Å². The third kappa shape index (κ3) is 12.6. The standard InChI is InChI=1S/C40H48O15/c1-6-7-8-9-10-11-12-16-21-47-33-30-20-19-29(22-31(30)53-39(46)36(33)55-38(45)28-17-14-13-15-18-28)52-40-37(51-27(5)44)35(50-26(4)43)34(49-25(3)42)32(54-40)23-48-24(2)41/h13-15,17-20,22,32,34-35,37,40H,6-12,16,21,23H2,1-5H3/t32-,34+,35+,37-,40-/m1/s1. The summed E-state index contributed by atoms with van der Waals surface area (Å²) in [5, 5.41) is 0.281. The summed E-state index contributed by atoms with van der Waals surface area (Å²) in [6, 6.07) is 12.5.